The van der Waals surface area contributed by atoms with E-state index < -0.39 is 0 Å². The summed E-state index contributed by atoms with van der Waals surface area (Å²) in [5.74, 6) is 3.76. The molecule has 0 amide bonds. The van der Waals surface area contributed by atoms with Gasteiger partial charge >= 0.3 is 0 Å². The average molecular weight is 247 g/mol. The standard InChI is InChI=1S/C13H17N3O2/c1-9-3-4-12(17-9)8-16-6-5-11(7-16)13-15-14-10(2)18-13/h3-4,11H,5-8H2,1-2H3. The van der Waals surface area contributed by atoms with Crippen molar-refractivity contribution in [1.82, 2.24) is 15.1 Å². The Bertz CT molecular complexity index is 532. The molecular weight excluding hydrogens is 230 g/mol. The molecule has 1 aliphatic heterocycles. The molecule has 96 valence electrons. The van der Waals surface area contributed by atoms with E-state index in [1.807, 2.05) is 26.0 Å². The van der Waals surface area contributed by atoms with Crippen molar-refractivity contribution in [3.8, 4) is 0 Å². The van der Waals surface area contributed by atoms with Crippen LogP contribution in [0.2, 0.25) is 0 Å². The second kappa shape index (κ2) is 4.57. The molecule has 2 aromatic heterocycles. The SMILES string of the molecule is Cc1ccc(CN2CCC(c3nnc(C)o3)C2)o1. The van der Waals surface area contributed by atoms with Crippen LogP contribution in [0.4, 0.5) is 0 Å². The van der Waals surface area contributed by atoms with Gasteiger partial charge in [-0.05, 0) is 32.0 Å². The Balaban J connectivity index is 1.61. The van der Waals surface area contributed by atoms with E-state index in [1.54, 1.807) is 0 Å². The summed E-state index contributed by atoms with van der Waals surface area (Å²) in [4.78, 5) is 2.36. The summed E-state index contributed by atoms with van der Waals surface area (Å²) in [6.45, 7) is 6.66. The molecule has 0 bridgehead atoms. The van der Waals surface area contributed by atoms with Crippen molar-refractivity contribution >= 4 is 0 Å². The Hall–Kier alpha value is -1.62. The number of hydrogen-bond acceptors (Lipinski definition) is 5. The van der Waals surface area contributed by atoms with Crippen LogP contribution in [-0.4, -0.2) is 28.2 Å². The van der Waals surface area contributed by atoms with E-state index in [-0.39, 0.29) is 0 Å². The molecule has 0 radical (unpaired) electrons. The van der Waals surface area contributed by atoms with E-state index in [4.69, 9.17) is 8.83 Å². The van der Waals surface area contributed by atoms with Gasteiger partial charge < -0.3 is 8.83 Å². The fraction of sp³-hybridized carbons (Fsp3) is 0.538. The average Bonchev–Trinajstić information content (AvgIpc) is 3.01. The van der Waals surface area contributed by atoms with Crippen LogP contribution in [0.5, 0.6) is 0 Å². The number of aromatic nitrogens is 2. The van der Waals surface area contributed by atoms with E-state index in [2.05, 4.69) is 15.1 Å². The lowest BCUT2D eigenvalue weighted by Gasteiger charge is -2.12. The Labute approximate surface area is 106 Å². The Morgan fingerprint density at radius 2 is 2.17 bits per heavy atom. The summed E-state index contributed by atoms with van der Waals surface area (Å²) in [6, 6.07) is 4.05. The molecule has 0 saturated carbocycles. The highest BCUT2D eigenvalue weighted by Crippen LogP contribution is 2.27. The lowest BCUT2D eigenvalue weighted by Crippen LogP contribution is -2.19. The summed E-state index contributed by atoms with van der Waals surface area (Å²) in [5, 5.41) is 8.00. The van der Waals surface area contributed by atoms with Crippen molar-refractivity contribution in [3.05, 3.63) is 35.4 Å². The molecule has 0 aliphatic carbocycles. The van der Waals surface area contributed by atoms with Crippen molar-refractivity contribution in [2.75, 3.05) is 13.1 Å². The maximum Gasteiger partial charge on any atom is 0.220 e. The monoisotopic (exact) mass is 247 g/mol. The van der Waals surface area contributed by atoms with E-state index >= 15 is 0 Å². The number of rotatable bonds is 3. The van der Waals surface area contributed by atoms with Crippen LogP contribution >= 0.6 is 0 Å². The van der Waals surface area contributed by atoms with Crippen LogP contribution in [-0.2, 0) is 6.54 Å². The van der Waals surface area contributed by atoms with Gasteiger partial charge in [-0.3, -0.25) is 4.90 Å². The van der Waals surface area contributed by atoms with Crippen molar-refractivity contribution < 1.29 is 8.83 Å². The molecule has 3 heterocycles. The topological polar surface area (TPSA) is 55.3 Å². The number of likely N-dealkylation sites (tertiary alicyclic amines) is 1. The van der Waals surface area contributed by atoms with Gasteiger partial charge in [-0.1, -0.05) is 0 Å². The molecule has 1 unspecified atom stereocenters. The molecule has 18 heavy (non-hydrogen) atoms. The Morgan fingerprint density at radius 1 is 1.28 bits per heavy atom. The van der Waals surface area contributed by atoms with Crippen LogP contribution in [0.25, 0.3) is 0 Å². The van der Waals surface area contributed by atoms with Crippen LogP contribution in [0, 0.1) is 13.8 Å². The number of furan rings is 1. The van der Waals surface area contributed by atoms with E-state index in [9.17, 15) is 0 Å². The molecule has 0 spiro atoms. The first kappa shape index (κ1) is 11.5. The van der Waals surface area contributed by atoms with Gasteiger partial charge in [0.15, 0.2) is 0 Å². The Kier molecular flexibility index (Phi) is 2.91. The first-order chi connectivity index (χ1) is 8.70. The second-order valence-corrected chi connectivity index (χ2v) is 4.89. The first-order valence-corrected chi connectivity index (χ1v) is 6.28. The molecule has 1 atom stereocenters. The smallest absolute Gasteiger partial charge is 0.220 e. The molecule has 2 aromatic rings. The summed E-state index contributed by atoms with van der Waals surface area (Å²) in [7, 11) is 0. The van der Waals surface area contributed by atoms with Crippen LogP contribution in [0.1, 0.15) is 35.6 Å². The van der Waals surface area contributed by atoms with Gasteiger partial charge in [-0.15, -0.1) is 10.2 Å². The summed E-state index contributed by atoms with van der Waals surface area (Å²) in [6.07, 6.45) is 1.07. The highest BCUT2D eigenvalue weighted by molar-refractivity contribution is 5.06. The number of aryl methyl sites for hydroxylation is 2. The highest BCUT2D eigenvalue weighted by Gasteiger charge is 2.28. The predicted octanol–water partition coefficient (Wildman–Crippen LogP) is 2.27. The summed E-state index contributed by atoms with van der Waals surface area (Å²) in [5.41, 5.74) is 0. The zero-order chi connectivity index (χ0) is 12.5. The third-order valence-corrected chi connectivity index (χ3v) is 3.34. The van der Waals surface area contributed by atoms with Crippen molar-refractivity contribution in [2.24, 2.45) is 0 Å². The molecule has 5 heteroatoms. The quantitative estimate of drug-likeness (QED) is 0.832. The lowest BCUT2D eigenvalue weighted by molar-refractivity contribution is 0.286. The van der Waals surface area contributed by atoms with Crippen molar-refractivity contribution in [1.29, 1.82) is 0 Å². The lowest BCUT2D eigenvalue weighted by atomic mass is 10.1. The molecular formula is C13H17N3O2. The molecule has 3 rings (SSSR count). The van der Waals surface area contributed by atoms with E-state index in [0.29, 0.717) is 11.8 Å². The van der Waals surface area contributed by atoms with Gasteiger partial charge in [0.05, 0.1) is 12.5 Å². The normalized spacial score (nSPS) is 20.7. The fourth-order valence-corrected chi connectivity index (χ4v) is 2.45. The minimum Gasteiger partial charge on any atom is -0.465 e. The zero-order valence-corrected chi connectivity index (χ0v) is 10.7. The van der Waals surface area contributed by atoms with Gasteiger partial charge in [0.2, 0.25) is 11.8 Å². The van der Waals surface area contributed by atoms with Gasteiger partial charge in [0.25, 0.3) is 0 Å². The molecule has 1 fully saturated rings. The van der Waals surface area contributed by atoms with Gasteiger partial charge in [0, 0.05) is 13.5 Å². The maximum absolute atomic E-state index is 5.60. The van der Waals surface area contributed by atoms with E-state index in [0.717, 1.165) is 43.5 Å². The molecule has 1 saturated heterocycles. The summed E-state index contributed by atoms with van der Waals surface area (Å²) < 4.78 is 11.1. The van der Waals surface area contributed by atoms with Crippen molar-refractivity contribution in [3.63, 3.8) is 0 Å². The number of hydrogen-bond donors (Lipinski definition) is 0. The first-order valence-electron chi connectivity index (χ1n) is 6.28. The van der Waals surface area contributed by atoms with Crippen molar-refractivity contribution in [2.45, 2.75) is 32.7 Å². The van der Waals surface area contributed by atoms with Crippen LogP contribution < -0.4 is 0 Å². The molecule has 0 N–H and O–H groups in total. The minimum atomic E-state index is 0.363. The number of nitrogens with zero attached hydrogens (tertiary/aromatic N) is 3. The van der Waals surface area contributed by atoms with Gasteiger partial charge in [0.1, 0.15) is 11.5 Å². The van der Waals surface area contributed by atoms with Crippen LogP contribution in [0.15, 0.2) is 21.0 Å². The second-order valence-electron chi connectivity index (χ2n) is 4.89. The van der Waals surface area contributed by atoms with Crippen LogP contribution in [0.3, 0.4) is 0 Å². The molecule has 0 aromatic carbocycles. The zero-order valence-electron chi connectivity index (χ0n) is 10.7. The minimum absolute atomic E-state index is 0.363. The van der Waals surface area contributed by atoms with E-state index in [1.165, 1.54) is 0 Å². The highest BCUT2D eigenvalue weighted by atomic mass is 16.4. The predicted molar refractivity (Wildman–Crippen MR) is 65.1 cm³/mol. The third kappa shape index (κ3) is 2.31. The Morgan fingerprint density at radius 3 is 2.83 bits per heavy atom. The third-order valence-electron chi connectivity index (χ3n) is 3.34. The maximum atomic E-state index is 5.60. The molecule has 5 nitrogen and oxygen atoms in total. The largest absolute Gasteiger partial charge is 0.465 e. The molecule has 1 aliphatic rings. The van der Waals surface area contributed by atoms with Gasteiger partial charge in [-0.2, -0.15) is 0 Å². The summed E-state index contributed by atoms with van der Waals surface area (Å²) >= 11 is 0. The fourth-order valence-electron chi connectivity index (χ4n) is 2.45. The van der Waals surface area contributed by atoms with Gasteiger partial charge in [-0.25, -0.2) is 0 Å².